The van der Waals surface area contributed by atoms with Gasteiger partial charge in [0.1, 0.15) is 22.3 Å². The van der Waals surface area contributed by atoms with E-state index < -0.39 is 29.9 Å². The van der Waals surface area contributed by atoms with Crippen LogP contribution in [0.15, 0.2) is 41.1 Å². The summed E-state index contributed by atoms with van der Waals surface area (Å²) in [7, 11) is 0. The second-order valence-electron chi connectivity index (χ2n) is 4.42. The predicted molar refractivity (Wildman–Crippen MR) is 77.2 cm³/mol. The van der Waals surface area contributed by atoms with Gasteiger partial charge >= 0.3 is 6.09 Å². The van der Waals surface area contributed by atoms with Gasteiger partial charge in [0.05, 0.1) is 12.2 Å². The van der Waals surface area contributed by atoms with Crippen LogP contribution in [-0.4, -0.2) is 21.3 Å². The molecule has 116 valence electrons. The van der Waals surface area contributed by atoms with Crippen molar-refractivity contribution in [1.82, 2.24) is 10.3 Å². The van der Waals surface area contributed by atoms with E-state index in [2.05, 4.69) is 20.9 Å². The minimum atomic E-state index is -1.61. The summed E-state index contributed by atoms with van der Waals surface area (Å²) < 4.78 is 28.0. The van der Waals surface area contributed by atoms with Crippen molar-refractivity contribution in [2.24, 2.45) is 0 Å². The quantitative estimate of drug-likeness (QED) is 0.719. The van der Waals surface area contributed by atoms with Crippen LogP contribution in [0.4, 0.5) is 13.6 Å². The number of amides is 1. The summed E-state index contributed by atoms with van der Waals surface area (Å²) in [6.07, 6.45) is -2.21. The number of carboxylic acid groups (broad SMARTS) is 1. The van der Waals surface area contributed by atoms with E-state index in [-0.39, 0.29) is 15.7 Å². The highest BCUT2D eigenvalue weighted by molar-refractivity contribution is 9.10. The number of aliphatic hydroxyl groups excluding tert-OH is 1. The molecule has 1 heterocycles. The Kier molecular flexibility index (Phi) is 5.04. The van der Waals surface area contributed by atoms with Crippen LogP contribution in [-0.2, 0) is 0 Å². The van der Waals surface area contributed by atoms with Gasteiger partial charge in [0, 0.05) is 11.1 Å². The number of nitrogens with zero attached hydrogens (tertiary/aromatic N) is 1. The van der Waals surface area contributed by atoms with E-state index in [9.17, 15) is 18.7 Å². The van der Waals surface area contributed by atoms with E-state index in [1.807, 2.05) is 5.32 Å². The molecule has 0 fully saturated rings. The summed E-state index contributed by atoms with van der Waals surface area (Å²) in [6, 6.07) is 5.15. The molecule has 0 aliphatic carbocycles. The number of pyridine rings is 1. The number of nitrogens with one attached hydrogen (secondary N) is 1. The third-order valence-corrected chi connectivity index (χ3v) is 3.44. The van der Waals surface area contributed by atoms with Crippen molar-refractivity contribution >= 4 is 22.0 Å². The fourth-order valence-corrected chi connectivity index (χ4v) is 2.37. The lowest BCUT2D eigenvalue weighted by atomic mass is 9.96. The molecule has 0 aliphatic rings. The lowest BCUT2D eigenvalue weighted by molar-refractivity contribution is 0.115. The molecule has 1 aromatic carbocycles. The lowest BCUT2D eigenvalue weighted by Gasteiger charge is -2.24. The molecule has 2 rings (SSSR count). The summed E-state index contributed by atoms with van der Waals surface area (Å²) in [6.45, 7) is 0. The average molecular weight is 373 g/mol. The van der Waals surface area contributed by atoms with Gasteiger partial charge in [0.25, 0.3) is 0 Å². The molecular weight excluding hydrogens is 362 g/mol. The molecule has 22 heavy (non-hydrogen) atoms. The van der Waals surface area contributed by atoms with E-state index in [1.165, 1.54) is 24.3 Å². The Morgan fingerprint density at radius 2 is 1.91 bits per heavy atom. The maximum Gasteiger partial charge on any atom is 0.405 e. The molecule has 1 amide bonds. The van der Waals surface area contributed by atoms with Gasteiger partial charge in [-0.1, -0.05) is 18.2 Å². The second-order valence-corrected chi connectivity index (χ2v) is 5.23. The van der Waals surface area contributed by atoms with Gasteiger partial charge in [-0.15, -0.1) is 0 Å². The summed E-state index contributed by atoms with van der Waals surface area (Å²) in [4.78, 5) is 14.6. The third kappa shape index (κ3) is 3.58. The Morgan fingerprint density at radius 3 is 2.55 bits per heavy atom. The zero-order chi connectivity index (χ0) is 16.3. The Hall–Kier alpha value is -2.06. The van der Waals surface area contributed by atoms with Crippen molar-refractivity contribution in [2.45, 2.75) is 12.1 Å². The number of hydrogen-bond donors (Lipinski definition) is 3. The molecule has 3 N–H and O–H groups in total. The van der Waals surface area contributed by atoms with Crippen LogP contribution in [0.1, 0.15) is 23.3 Å². The largest absolute Gasteiger partial charge is 0.465 e. The highest BCUT2D eigenvalue weighted by Crippen LogP contribution is 2.32. The molecule has 0 saturated heterocycles. The van der Waals surface area contributed by atoms with Crippen molar-refractivity contribution in [3.05, 3.63) is 63.9 Å². The molecule has 8 heteroatoms. The molecule has 0 spiro atoms. The zero-order valence-corrected chi connectivity index (χ0v) is 12.6. The molecule has 2 atom stereocenters. The Bertz CT molecular complexity index is 700. The van der Waals surface area contributed by atoms with Crippen LogP contribution in [0.5, 0.6) is 0 Å². The van der Waals surface area contributed by atoms with Gasteiger partial charge in [0.15, 0.2) is 0 Å². The highest BCUT2D eigenvalue weighted by atomic mass is 79.9. The normalized spacial score (nSPS) is 13.5. The maximum absolute atomic E-state index is 13.9. The molecule has 0 unspecified atom stereocenters. The average Bonchev–Trinajstić information content (AvgIpc) is 2.47. The van der Waals surface area contributed by atoms with Gasteiger partial charge in [-0.3, -0.25) is 0 Å². The standard InChI is InChI=1S/C14H11BrF2N2O3/c15-11-5-8(10(17)6-18-11)12(19-14(21)22)13(20)7-3-1-2-4-9(7)16/h1-6,12-13,19-20H,(H,21,22)/t12-,13+/m1/s1. The zero-order valence-electron chi connectivity index (χ0n) is 11.0. The first-order valence-corrected chi connectivity index (χ1v) is 6.92. The first kappa shape index (κ1) is 16.3. The minimum absolute atomic E-state index is 0.145. The summed E-state index contributed by atoms with van der Waals surface area (Å²) in [5.41, 5.74) is -0.298. The Balaban J connectivity index is 2.48. The van der Waals surface area contributed by atoms with Crippen molar-refractivity contribution in [3.63, 3.8) is 0 Å². The van der Waals surface area contributed by atoms with E-state index in [1.54, 1.807) is 0 Å². The van der Waals surface area contributed by atoms with Crippen LogP contribution in [0.25, 0.3) is 0 Å². The van der Waals surface area contributed by atoms with Crippen LogP contribution in [0.3, 0.4) is 0 Å². The van der Waals surface area contributed by atoms with Crippen LogP contribution in [0, 0.1) is 11.6 Å². The molecule has 2 aromatic rings. The number of aliphatic hydroxyl groups is 1. The first-order chi connectivity index (χ1) is 10.4. The molecule has 0 bridgehead atoms. The van der Waals surface area contributed by atoms with Gasteiger partial charge in [-0.2, -0.15) is 0 Å². The van der Waals surface area contributed by atoms with Crippen molar-refractivity contribution in [2.75, 3.05) is 0 Å². The van der Waals surface area contributed by atoms with E-state index in [0.29, 0.717) is 0 Å². The number of benzene rings is 1. The number of carbonyl (C=O) groups is 1. The lowest BCUT2D eigenvalue weighted by Crippen LogP contribution is -2.32. The molecule has 5 nitrogen and oxygen atoms in total. The highest BCUT2D eigenvalue weighted by Gasteiger charge is 2.29. The summed E-state index contributed by atoms with van der Waals surface area (Å²) in [5, 5.41) is 21.2. The second kappa shape index (κ2) is 6.80. The van der Waals surface area contributed by atoms with Crippen molar-refractivity contribution < 1.29 is 23.8 Å². The van der Waals surface area contributed by atoms with Gasteiger partial charge in [-0.25, -0.2) is 18.6 Å². The molecule has 0 aliphatic heterocycles. The maximum atomic E-state index is 13.9. The number of hydrogen-bond acceptors (Lipinski definition) is 3. The Morgan fingerprint density at radius 1 is 1.23 bits per heavy atom. The van der Waals surface area contributed by atoms with E-state index >= 15 is 0 Å². The smallest absolute Gasteiger partial charge is 0.405 e. The van der Waals surface area contributed by atoms with E-state index in [0.717, 1.165) is 12.3 Å². The van der Waals surface area contributed by atoms with Crippen molar-refractivity contribution in [1.29, 1.82) is 0 Å². The monoisotopic (exact) mass is 372 g/mol. The van der Waals surface area contributed by atoms with Crippen molar-refractivity contribution in [3.8, 4) is 0 Å². The van der Waals surface area contributed by atoms with Gasteiger partial charge in [0.2, 0.25) is 0 Å². The van der Waals surface area contributed by atoms with Crippen LogP contribution in [0.2, 0.25) is 0 Å². The number of aromatic nitrogens is 1. The molecule has 0 radical (unpaired) electrons. The number of rotatable bonds is 4. The molecule has 1 aromatic heterocycles. The predicted octanol–water partition coefficient (Wildman–Crippen LogP) is 3.16. The topological polar surface area (TPSA) is 82.5 Å². The molecular formula is C14H11BrF2N2O3. The van der Waals surface area contributed by atoms with Gasteiger partial charge in [-0.05, 0) is 28.1 Å². The third-order valence-electron chi connectivity index (χ3n) is 3.01. The Labute approximate surface area is 132 Å². The van der Waals surface area contributed by atoms with Gasteiger partial charge < -0.3 is 15.5 Å². The first-order valence-electron chi connectivity index (χ1n) is 6.13. The fourth-order valence-electron chi connectivity index (χ4n) is 2.02. The fraction of sp³-hybridized carbons (Fsp3) is 0.143. The SMILES string of the molecule is O=C(O)N[C@H](c1cc(Br)ncc1F)[C@@H](O)c1ccccc1F. The van der Waals surface area contributed by atoms with E-state index in [4.69, 9.17) is 5.11 Å². The van der Waals surface area contributed by atoms with Crippen LogP contribution < -0.4 is 5.32 Å². The molecule has 0 saturated carbocycles. The minimum Gasteiger partial charge on any atom is -0.465 e. The summed E-state index contributed by atoms with van der Waals surface area (Å²) in [5.74, 6) is -1.54. The number of halogens is 3. The van der Waals surface area contributed by atoms with Crippen LogP contribution >= 0.6 is 15.9 Å². The summed E-state index contributed by atoms with van der Waals surface area (Å²) >= 11 is 3.04.